The summed E-state index contributed by atoms with van der Waals surface area (Å²) in [6, 6.07) is 10.7. The molecule has 86 valence electrons. The first-order valence-electron chi connectivity index (χ1n) is 5.26. The lowest BCUT2D eigenvalue weighted by Gasteiger charge is -2.09. The van der Waals surface area contributed by atoms with Gasteiger partial charge in [0.15, 0.2) is 0 Å². The summed E-state index contributed by atoms with van der Waals surface area (Å²) in [5.41, 5.74) is 1.02. The lowest BCUT2D eigenvalue weighted by molar-refractivity contribution is -0.112. The molecule has 3 nitrogen and oxygen atoms in total. The highest BCUT2D eigenvalue weighted by Crippen LogP contribution is 2.28. The van der Waals surface area contributed by atoms with Crippen molar-refractivity contribution >= 4 is 22.4 Å². The van der Waals surface area contributed by atoms with Crippen molar-refractivity contribution in [2.75, 3.05) is 5.32 Å². The average molecular weight is 227 g/mol. The molecule has 3 heteroatoms. The van der Waals surface area contributed by atoms with Gasteiger partial charge in [0.1, 0.15) is 5.75 Å². The molecule has 0 heterocycles. The Balaban J connectivity index is 2.52. The summed E-state index contributed by atoms with van der Waals surface area (Å²) >= 11 is 0. The van der Waals surface area contributed by atoms with Crippen LogP contribution in [0.15, 0.2) is 48.6 Å². The topological polar surface area (TPSA) is 49.3 Å². The Labute approximate surface area is 99.4 Å². The fraction of sp³-hybridized carbons (Fsp3) is 0.0714. The molecule has 2 aromatic carbocycles. The Morgan fingerprint density at radius 3 is 2.71 bits per heavy atom. The largest absolute Gasteiger partial charge is 0.508 e. The summed E-state index contributed by atoms with van der Waals surface area (Å²) in [5.74, 6) is -0.124. The predicted octanol–water partition coefficient (Wildman–Crippen LogP) is 3.06. The van der Waals surface area contributed by atoms with Gasteiger partial charge in [-0.1, -0.05) is 30.8 Å². The van der Waals surface area contributed by atoms with Crippen molar-refractivity contribution in [3.8, 4) is 5.75 Å². The minimum absolute atomic E-state index is 0.126. The minimum Gasteiger partial charge on any atom is -0.508 e. The van der Waals surface area contributed by atoms with E-state index in [1.54, 1.807) is 13.0 Å². The number of nitrogens with one attached hydrogen (secondary N) is 1. The minimum atomic E-state index is -0.249. The number of hydrogen-bond acceptors (Lipinski definition) is 2. The van der Waals surface area contributed by atoms with Gasteiger partial charge in [-0.15, -0.1) is 0 Å². The fourth-order valence-corrected chi connectivity index (χ4v) is 1.63. The van der Waals surface area contributed by atoms with Crippen LogP contribution in [0.2, 0.25) is 0 Å². The van der Waals surface area contributed by atoms with Gasteiger partial charge >= 0.3 is 0 Å². The summed E-state index contributed by atoms with van der Waals surface area (Å²) in [6.45, 7) is 5.22. The number of hydrogen-bond donors (Lipinski definition) is 2. The number of benzene rings is 2. The number of aromatic hydroxyl groups is 1. The van der Waals surface area contributed by atoms with E-state index in [1.165, 1.54) is 6.07 Å². The van der Waals surface area contributed by atoms with E-state index in [2.05, 4.69) is 11.9 Å². The predicted molar refractivity (Wildman–Crippen MR) is 69.1 cm³/mol. The lowest BCUT2D eigenvalue weighted by atomic mass is 10.1. The molecule has 2 rings (SSSR count). The van der Waals surface area contributed by atoms with Crippen molar-refractivity contribution in [1.82, 2.24) is 0 Å². The lowest BCUT2D eigenvalue weighted by Crippen LogP contribution is -2.11. The molecule has 0 spiro atoms. The van der Waals surface area contributed by atoms with Gasteiger partial charge in [-0.25, -0.2) is 0 Å². The number of phenols is 1. The van der Waals surface area contributed by atoms with Crippen LogP contribution in [0, 0.1) is 0 Å². The van der Waals surface area contributed by atoms with Gasteiger partial charge in [-0.05, 0) is 18.4 Å². The van der Waals surface area contributed by atoms with Crippen molar-refractivity contribution in [3.05, 3.63) is 48.6 Å². The third kappa shape index (κ3) is 2.28. The molecular weight excluding hydrogens is 214 g/mol. The average Bonchev–Trinajstić information content (AvgIpc) is 2.28. The number of anilines is 1. The Kier molecular flexibility index (Phi) is 2.83. The van der Waals surface area contributed by atoms with E-state index in [0.717, 1.165) is 10.8 Å². The molecule has 0 aliphatic heterocycles. The van der Waals surface area contributed by atoms with Crippen molar-refractivity contribution in [1.29, 1.82) is 0 Å². The second-order valence-corrected chi connectivity index (χ2v) is 3.95. The van der Waals surface area contributed by atoms with Crippen molar-refractivity contribution in [2.45, 2.75) is 6.92 Å². The maximum absolute atomic E-state index is 11.6. The smallest absolute Gasteiger partial charge is 0.250 e. The Morgan fingerprint density at radius 1 is 1.29 bits per heavy atom. The molecule has 2 aromatic rings. The van der Waals surface area contributed by atoms with E-state index in [9.17, 15) is 9.90 Å². The molecule has 0 saturated heterocycles. The number of rotatable bonds is 2. The molecule has 1 amide bonds. The maximum atomic E-state index is 11.6. The number of fused-ring (bicyclic) bond motifs is 1. The summed E-state index contributed by atoms with van der Waals surface area (Å²) in [4.78, 5) is 11.6. The molecule has 0 atom stereocenters. The van der Waals surface area contributed by atoms with Crippen LogP contribution in [-0.2, 0) is 4.79 Å². The van der Waals surface area contributed by atoms with Crippen LogP contribution in [0.5, 0.6) is 5.75 Å². The summed E-state index contributed by atoms with van der Waals surface area (Å²) < 4.78 is 0. The van der Waals surface area contributed by atoms with E-state index >= 15 is 0 Å². The monoisotopic (exact) mass is 227 g/mol. The molecule has 0 radical (unpaired) electrons. The normalized spacial score (nSPS) is 10.2. The second-order valence-electron chi connectivity index (χ2n) is 3.95. The van der Waals surface area contributed by atoms with Gasteiger partial charge in [0.05, 0.1) is 5.69 Å². The molecule has 0 unspecified atom stereocenters. The van der Waals surface area contributed by atoms with E-state index in [0.29, 0.717) is 11.3 Å². The number of carbonyl (C=O) groups is 1. The van der Waals surface area contributed by atoms with Crippen LogP contribution in [-0.4, -0.2) is 11.0 Å². The highest BCUT2D eigenvalue weighted by molar-refractivity contribution is 6.08. The van der Waals surface area contributed by atoms with Crippen LogP contribution in [0.3, 0.4) is 0 Å². The van der Waals surface area contributed by atoms with E-state index in [1.807, 2.05) is 24.3 Å². The standard InChI is InChI=1S/C14H13NO2/c1-9(2)14(17)15-13-8-11(16)7-10-5-3-4-6-12(10)13/h3-8,16H,1H2,2H3,(H,15,17). The molecule has 2 N–H and O–H groups in total. The highest BCUT2D eigenvalue weighted by Gasteiger charge is 2.07. The zero-order valence-electron chi connectivity index (χ0n) is 9.53. The summed E-state index contributed by atoms with van der Waals surface area (Å²) in [5, 5.41) is 14.1. The Morgan fingerprint density at radius 2 is 2.00 bits per heavy atom. The third-order valence-electron chi connectivity index (χ3n) is 2.48. The third-order valence-corrected chi connectivity index (χ3v) is 2.48. The van der Waals surface area contributed by atoms with Gasteiger partial charge in [0, 0.05) is 17.0 Å². The summed E-state index contributed by atoms with van der Waals surface area (Å²) in [6.07, 6.45) is 0. The van der Waals surface area contributed by atoms with Crippen molar-refractivity contribution < 1.29 is 9.90 Å². The highest BCUT2D eigenvalue weighted by atomic mass is 16.3. The number of carbonyl (C=O) groups excluding carboxylic acids is 1. The van der Waals surface area contributed by atoms with Crippen LogP contribution in [0.1, 0.15) is 6.92 Å². The van der Waals surface area contributed by atoms with E-state index in [-0.39, 0.29) is 11.7 Å². The number of amides is 1. The van der Waals surface area contributed by atoms with Crippen LogP contribution < -0.4 is 5.32 Å². The van der Waals surface area contributed by atoms with Crippen LogP contribution in [0.4, 0.5) is 5.69 Å². The Bertz CT molecular complexity index is 602. The molecule has 0 aliphatic rings. The number of phenolic OH excluding ortho intramolecular Hbond substituents is 1. The van der Waals surface area contributed by atoms with Gasteiger partial charge in [-0.3, -0.25) is 4.79 Å². The summed E-state index contributed by atoms with van der Waals surface area (Å²) in [7, 11) is 0. The molecule has 0 aliphatic carbocycles. The molecule has 0 fully saturated rings. The van der Waals surface area contributed by atoms with Gasteiger partial charge in [0.2, 0.25) is 0 Å². The molecule has 0 aromatic heterocycles. The van der Waals surface area contributed by atoms with Crippen LogP contribution >= 0.6 is 0 Å². The van der Waals surface area contributed by atoms with Crippen molar-refractivity contribution in [3.63, 3.8) is 0 Å². The quantitative estimate of drug-likeness (QED) is 0.774. The first-order chi connectivity index (χ1) is 8.08. The zero-order chi connectivity index (χ0) is 12.4. The van der Waals surface area contributed by atoms with Crippen LogP contribution in [0.25, 0.3) is 10.8 Å². The first-order valence-corrected chi connectivity index (χ1v) is 5.26. The fourth-order valence-electron chi connectivity index (χ4n) is 1.63. The maximum Gasteiger partial charge on any atom is 0.250 e. The van der Waals surface area contributed by atoms with Crippen molar-refractivity contribution in [2.24, 2.45) is 0 Å². The first kappa shape index (κ1) is 11.2. The Hall–Kier alpha value is -2.29. The van der Waals surface area contributed by atoms with Gasteiger partial charge in [0.25, 0.3) is 5.91 Å². The SMILES string of the molecule is C=C(C)C(=O)Nc1cc(O)cc2ccccc12. The molecule has 0 saturated carbocycles. The van der Waals surface area contributed by atoms with Gasteiger partial charge < -0.3 is 10.4 Å². The van der Waals surface area contributed by atoms with E-state index in [4.69, 9.17) is 0 Å². The van der Waals surface area contributed by atoms with Gasteiger partial charge in [-0.2, -0.15) is 0 Å². The molecule has 0 bridgehead atoms. The molecule has 17 heavy (non-hydrogen) atoms. The zero-order valence-corrected chi connectivity index (χ0v) is 9.53. The van der Waals surface area contributed by atoms with E-state index < -0.39 is 0 Å². The second kappa shape index (κ2) is 4.29. The molecular formula is C14H13NO2.